The Kier molecular flexibility index (Phi) is 5.52. The predicted molar refractivity (Wildman–Crippen MR) is 80.3 cm³/mol. The number of carbonyl (C=O) groups is 1. The van der Waals surface area contributed by atoms with E-state index in [0.29, 0.717) is 12.1 Å². The van der Waals surface area contributed by atoms with Crippen LogP contribution >= 0.6 is 0 Å². The fourth-order valence-corrected chi connectivity index (χ4v) is 2.67. The molecule has 21 heavy (non-hydrogen) atoms. The van der Waals surface area contributed by atoms with Crippen molar-refractivity contribution in [3.05, 3.63) is 34.2 Å². The van der Waals surface area contributed by atoms with Crippen molar-refractivity contribution in [3.8, 4) is 0 Å². The second kappa shape index (κ2) is 7.38. The molecule has 116 valence electrons. The van der Waals surface area contributed by atoms with Crippen molar-refractivity contribution in [1.29, 1.82) is 0 Å². The molecule has 1 fully saturated rings. The van der Waals surface area contributed by atoms with E-state index in [1.807, 2.05) is 0 Å². The van der Waals surface area contributed by atoms with Crippen molar-refractivity contribution < 1.29 is 9.90 Å². The molecule has 0 spiro atoms. The van der Waals surface area contributed by atoms with Gasteiger partial charge in [-0.05, 0) is 25.5 Å². The lowest BCUT2D eigenvalue weighted by molar-refractivity contribution is 0.0849. The molecule has 0 aromatic carbocycles. The van der Waals surface area contributed by atoms with E-state index >= 15 is 0 Å². The van der Waals surface area contributed by atoms with Crippen LogP contribution in [0.4, 0.5) is 0 Å². The summed E-state index contributed by atoms with van der Waals surface area (Å²) in [5.74, 6) is -0.231. The van der Waals surface area contributed by atoms with E-state index in [1.165, 1.54) is 10.6 Å². The van der Waals surface area contributed by atoms with Crippen LogP contribution in [0.1, 0.15) is 29.6 Å². The fraction of sp³-hybridized carbons (Fsp3) is 0.600. The van der Waals surface area contributed by atoms with Gasteiger partial charge in [0.25, 0.3) is 11.5 Å². The molecule has 1 aliphatic rings. The standard InChI is InChI=1S/C15H23N3O3/c1-17-8-5-12(10-14(17)20)15(21)16-6-9-18-7-3-2-4-13(18)11-19/h5,8,10,13,19H,2-4,6-7,9,11H2,1H3,(H,16,21)/t13-/m0/s1. The van der Waals surface area contributed by atoms with Crippen LogP contribution in [-0.4, -0.2) is 52.8 Å². The normalized spacial score (nSPS) is 19.4. The highest BCUT2D eigenvalue weighted by Crippen LogP contribution is 2.15. The molecule has 0 unspecified atom stereocenters. The summed E-state index contributed by atoms with van der Waals surface area (Å²) in [7, 11) is 1.65. The Balaban J connectivity index is 1.83. The van der Waals surface area contributed by atoms with Gasteiger partial charge in [0.05, 0.1) is 6.61 Å². The maximum Gasteiger partial charge on any atom is 0.251 e. The number of aliphatic hydroxyl groups excluding tert-OH is 1. The second-order valence-corrected chi connectivity index (χ2v) is 5.49. The first kappa shape index (κ1) is 15.7. The molecule has 6 nitrogen and oxygen atoms in total. The van der Waals surface area contributed by atoms with Gasteiger partial charge in [0, 0.05) is 44.0 Å². The van der Waals surface area contributed by atoms with Crippen LogP contribution in [0.2, 0.25) is 0 Å². The van der Waals surface area contributed by atoms with E-state index < -0.39 is 0 Å². The Hall–Kier alpha value is -1.66. The van der Waals surface area contributed by atoms with Gasteiger partial charge in [-0.1, -0.05) is 6.42 Å². The molecule has 1 amide bonds. The summed E-state index contributed by atoms with van der Waals surface area (Å²) in [6.45, 7) is 2.38. The lowest BCUT2D eigenvalue weighted by Gasteiger charge is -2.34. The Labute approximate surface area is 124 Å². The summed E-state index contributed by atoms with van der Waals surface area (Å²) in [5, 5.41) is 12.2. The van der Waals surface area contributed by atoms with Crippen molar-refractivity contribution in [3.63, 3.8) is 0 Å². The molecule has 0 saturated carbocycles. The Morgan fingerprint density at radius 3 is 3.00 bits per heavy atom. The van der Waals surface area contributed by atoms with E-state index in [1.54, 1.807) is 19.3 Å². The van der Waals surface area contributed by atoms with Crippen LogP contribution in [0.25, 0.3) is 0 Å². The highest BCUT2D eigenvalue weighted by atomic mass is 16.3. The zero-order chi connectivity index (χ0) is 15.2. The third-order valence-electron chi connectivity index (χ3n) is 4.01. The number of nitrogens with zero attached hydrogens (tertiary/aromatic N) is 2. The number of aromatic nitrogens is 1. The average molecular weight is 293 g/mol. The highest BCUT2D eigenvalue weighted by Gasteiger charge is 2.21. The molecule has 1 aromatic heterocycles. The van der Waals surface area contributed by atoms with Crippen molar-refractivity contribution in [2.45, 2.75) is 25.3 Å². The summed E-state index contributed by atoms with van der Waals surface area (Å²) < 4.78 is 1.43. The van der Waals surface area contributed by atoms with E-state index in [9.17, 15) is 14.7 Å². The second-order valence-electron chi connectivity index (χ2n) is 5.49. The van der Waals surface area contributed by atoms with Crippen LogP contribution in [0.5, 0.6) is 0 Å². The van der Waals surface area contributed by atoms with Crippen LogP contribution in [0.3, 0.4) is 0 Å². The number of hydrogen-bond acceptors (Lipinski definition) is 4. The molecule has 0 bridgehead atoms. The van der Waals surface area contributed by atoms with Crippen LogP contribution in [0.15, 0.2) is 23.1 Å². The number of amides is 1. The summed E-state index contributed by atoms with van der Waals surface area (Å²) in [6.07, 6.45) is 4.89. The molecule has 0 aliphatic carbocycles. The van der Waals surface area contributed by atoms with E-state index in [0.717, 1.165) is 32.4 Å². The number of pyridine rings is 1. The molecule has 1 aromatic rings. The number of aryl methyl sites for hydroxylation is 1. The zero-order valence-electron chi connectivity index (χ0n) is 12.4. The molecular weight excluding hydrogens is 270 g/mol. The first-order valence-electron chi connectivity index (χ1n) is 7.41. The summed E-state index contributed by atoms with van der Waals surface area (Å²) in [6, 6.07) is 3.18. The predicted octanol–water partition coefficient (Wildman–Crippen LogP) is -0.0381. The van der Waals surface area contributed by atoms with Crippen LogP contribution in [0, 0.1) is 0 Å². The molecule has 2 heterocycles. The highest BCUT2D eigenvalue weighted by molar-refractivity contribution is 5.93. The van der Waals surface area contributed by atoms with Gasteiger partial charge in [0.1, 0.15) is 0 Å². The fourth-order valence-electron chi connectivity index (χ4n) is 2.67. The van der Waals surface area contributed by atoms with Crippen molar-refractivity contribution in [2.75, 3.05) is 26.2 Å². The van der Waals surface area contributed by atoms with Gasteiger partial charge in [0.15, 0.2) is 0 Å². The number of nitrogens with one attached hydrogen (secondary N) is 1. The van der Waals surface area contributed by atoms with Crippen LogP contribution < -0.4 is 10.9 Å². The first-order chi connectivity index (χ1) is 10.1. The number of carbonyl (C=O) groups excluding carboxylic acids is 1. The third-order valence-corrected chi connectivity index (χ3v) is 4.01. The smallest absolute Gasteiger partial charge is 0.251 e. The third kappa shape index (κ3) is 4.15. The number of rotatable bonds is 5. The van der Waals surface area contributed by atoms with Gasteiger partial charge >= 0.3 is 0 Å². The molecule has 1 atom stereocenters. The molecular formula is C15H23N3O3. The zero-order valence-corrected chi connectivity index (χ0v) is 12.4. The van der Waals surface area contributed by atoms with Gasteiger partial charge in [-0.3, -0.25) is 14.5 Å². The van der Waals surface area contributed by atoms with E-state index in [2.05, 4.69) is 10.2 Å². The first-order valence-corrected chi connectivity index (χ1v) is 7.41. The Morgan fingerprint density at radius 2 is 2.29 bits per heavy atom. The lowest BCUT2D eigenvalue weighted by Crippen LogP contribution is -2.45. The number of aliphatic hydroxyl groups is 1. The molecule has 1 aliphatic heterocycles. The number of likely N-dealkylation sites (tertiary alicyclic amines) is 1. The number of hydrogen-bond donors (Lipinski definition) is 2. The monoisotopic (exact) mass is 293 g/mol. The molecule has 2 rings (SSSR count). The van der Waals surface area contributed by atoms with Crippen molar-refractivity contribution in [2.24, 2.45) is 7.05 Å². The molecule has 2 N–H and O–H groups in total. The topological polar surface area (TPSA) is 74.6 Å². The summed E-state index contributed by atoms with van der Waals surface area (Å²) in [5.41, 5.74) is 0.189. The molecule has 6 heteroatoms. The Morgan fingerprint density at radius 1 is 1.48 bits per heavy atom. The minimum absolute atomic E-state index is 0.169. The van der Waals surface area contributed by atoms with Gasteiger partial charge < -0.3 is 15.0 Å². The van der Waals surface area contributed by atoms with E-state index in [-0.39, 0.29) is 24.1 Å². The maximum absolute atomic E-state index is 12.0. The minimum Gasteiger partial charge on any atom is -0.395 e. The van der Waals surface area contributed by atoms with Gasteiger partial charge in [-0.2, -0.15) is 0 Å². The largest absolute Gasteiger partial charge is 0.395 e. The SMILES string of the molecule is Cn1ccc(C(=O)NCCN2CCCC[C@H]2CO)cc1=O. The van der Waals surface area contributed by atoms with Crippen molar-refractivity contribution in [1.82, 2.24) is 14.8 Å². The lowest BCUT2D eigenvalue weighted by atomic mass is 10.0. The average Bonchev–Trinajstić information content (AvgIpc) is 2.50. The molecule has 1 saturated heterocycles. The van der Waals surface area contributed by atoms with Crippen LogP contribution in [-0.2, 0) is 7.05 Å². The Bertz CT molecular complexity index is 541. The molecule has 0 radical (unpaired) electrons. The van der Waals surface area contributed by atoms with Gasteiger partial charge in [0.2, 0.25) is 0 Å². The minimum atomic E-state index is -0.231. The summed E-state index contributed by atoms with van der Waals surface area (Å²) in [4.78, 5) is 25.7. The maximum atomic E-state index is 12.0. The van der Waals surface area contributed by atoms with Crippen molar-refractivity contribution >= 4 is 5.91 Å². The van der Waals surface area contributed by atoms with Gasteiger partial charge in [-0.15, -0.1) is 0 Å². The summed E-state index contributed by atoms with van der Waals surface area (Å²) >= 11 is 0. The quantitative estimate of drug-likeness (QED) is 0.799. The van der Waals surface area contributed by atoms with Gasteiger partial charge in [-0.25, -0.2) is 0 Å². The number of piperidine rings is 1. The van der Waals surface area contributed by atoms with E-state index in [4.69, 9.17) is 0 Å².